The van der Waals surface area contributed by atoms with Crippen LogP contribution in [-0.4, -0.2) is 73.8 Å². The lowest BCUT2D eigenvalue weighted by Crippen LogP contribution is -2.44. The second-order valence-electron chi connectivity index (χ2n) is 8.12. The number of alkyl halides is 3. The number of carboxylic acid groups (broad SMARTS) is 2. The van der Waals surface area contributed by atoms with Crippen LogP contribution in [0.1, 0.15) is 22.8 Å². The number of carbonyl (C=O) groups is 2. The molecule has 0 saturated carbocycles. The zero-order valence-corrected chi connectivity index (χ0v) is 20.3. The fourth-order valence-electron chi connectivity index (χ4n) is 3.70. The molecule has 4 rings (SSSR count). The third-order valence-corrected chi connectivity index (χ3v) is 5.60. The van der Waals surface area contributed by atoms with Gasteiger partial charge in [0.1, 0.15) is 11.0 Å². The van der Waals surface area contributed by atoms with Gasteiger partial charge in [0.2, 0.25) is 5.95 Å². The van der Waals surface area contributed by atoms with Crippen molar-refractivity contribution in [2.75, 3.05) is 31.1 Å². The second kappa shape index (κ2) is 12.2. The van der Waals surface area contributed by atoms with E-state index in [4.69, 9.17) is 20.0 Å². The maximum absolute atomic E-state index is 13.3. The van der Waals surface area contributed by atoms with E-state index in [0.29, 0.717) is 30.5 Å². The minimum atomic E-state index is -5.08. The SMILES string of the molecule is CC#CCn1c(N2CCNCC2)nc2cnn(CCc3ccc(C(=O)O)cc3)c(=O)c21.O=C(O)C(F)(F)F. The minimum absolute atomic E-state index is 0.202. The second-order valence-corrected chi connectivity index (χ2v) is 8.12. The molecule has 1 aliphatic heterocycles. The van der Waals surface area contributed by atoms with E-state index in [9.17, 15) is 22.8 Å². The van der Waals surface area contributed by atoms with Crippen molar-refractivity contribution >= 4 is 28.9 Å². The highest BCUT2D eigenvalue weighted by molar-refractivity contribution is 5.87. The van der Waals surface area contributed by atoms with E-state index in [1.54, 1.807) is 37.4 Å². The molecule has 0 radical (unpaired) electrons. The molecule has 1 saturated heterocycles. The van der Waals surface area contributed by atoms with Gasteiger partial charge in [-0.05, 0) is 31.0 Å². The Morgan fingerprint density at radius 3 is 2.32 bits per heavy atom. The maximum atomic E-state index is 13.3. The molecule has 2 aromatic heterocycles. The third-order valence-electron chi connectivity index (χ3n) is 5.60. The van der Waals surface area contributed by atoms with Crippen LogP contribution >= 0.6 is 0 Å². The number of halogens is 3. The average molecular weight is 534 g/mol. The Bertz CT molecular complexity index is 1410. The van der Waals surface area contributed by atoms with E-state index in [-0.39, 0.29) is 11.1 Å². The highest BCUT2D eigenvalue weighted by Gasteiger charge is 2.38. The number of imidazole rings is 1. The molecule has 0 atom stereocenters. The first kappa shape index (κ1) is 28.2. The molecule has 38 heavy (non-hydrogen) atoms. The number of nitrogens with zero attached hydrogens (tertiary/aromatic N) is 5. The van der Waals surface area contributed by atoms with Crippen molar-refractivity contribution in [2.24, 2.45) is 0 Å². The lowest BCUT2D eigenvalue weighted by molar-refractivity contribution is -0.192. The lowest BCUT2D eigenvalue weighted by Gasteiger charge is -2.28. The number of anilines is 1. The first-order valence-corrected chi connectivity index (χ1v) is 11.5. The summed E-state index contributed by atoms with van der Waals surface area (Å²) >= 11 is 0. The number of aromatic carboxylic acids is 1. The Labute approximate surface area is 214 Å². The summed E-state index contributed by atoms with van der Waals surface area (Å²) in [4.78, 5) is 40.0. The van der Waals surface area contributed by atoms with Crippen LogP contribution < -0.4 is 15.8 Å². The smallest absolute Gasteiger partial charge is 0.478 e. The van der Waals surface area contributed by atoms with Crippen molar-refractivity contribution in [3.8, 4) is 11.8 Å². The minimum Gasteiger partial charge on any atom is -0.478 e. The van der Waals surface area contributed by atoms with Gasteiger partial charge in [0.15, 0.2) is 0 Å². The van der Waals surface area contributed by atoms with E-state index in [1.807, 2.05) is 4.57 Å². The summed E-state index contributed by atoms with van der Waals surface area (Å²) in [6.45, 7) is 5.92. The summed E-state index contributed by atoms with van der Waals surface area (Å²) in [7, 11) is 0. The molecule has 3 aromatic rings. The van der Waals surface area contributed by atoms with Crippen LogP contribution in [0.25, 0.3) is 11.0 Å². The van der Waals surface area contributed by atoms with Gasteiger partial charge in [-0.25, -0.2) is 19.3 Å². The van der Waals surface area contributed by atoms with Crippen molar-refractivity contribution in [3.63, 3.8) is 0 Å². The molecular weight excluding hydrogens is 509 g/mol. The highest BCUT2D eigenvalue weighted by atomic mass is 19.4. The summed E-state index contributed by atoms with van der Waals surface area (Å²) in [6, 6.07) is 6.65. The molecule has 202 valence electrons. The van der Waals surface area contributed by atoms with Crippen LogP contribution in [0, 0.1) is 11.8 Å². The number of aryl methyl sites for hydroxylation is 2. The number of hydrogen-bond acceptors (Lipinski definition) is 7. The standard InChI is InChI=1S/C22H24N6O3.C2HF3O2/c1-2-3-11-27-19-18(25-22(27)26-13-9-23-10-14-26)15-24-28(20(19)29)12-8-16-4-6-17(7-5-16)21(30)31;3-2(4,5)1(6)7/h4-7,15,23H,8-14H2,1H3,(H,30,31);(H,6,7). The van der Waals surface area contributed by atoms with Gasteiger partial charge in [-0.2, -0.15) is 18.3 Å². The van der Waals surface area contributed by atoms with Crippen LogP contribution in [0.4, 0.5) is 19.1 Å². The van der Waals surface area contributed by atoms with Crippen molar-refractivity contribution in [2.45, 2.75) is 32.6 Å². The summed E-state index contributed by atoms with van der Waals surface area (Å²) < 4.78 is 35.1. The highest BCUT2D eigenvalue weighted by Crippen LogP contribution is 2.20. The monoisotopic (exact) mass is 534 g/mol. The van der Waals surface area contributed by atoms with Crippen molar-refractivity contribution < 1.29 is 33.0 Å². The molecule has 14 heteroatoms. The van der Waals surface area contributed by atoms with Gasteiger partial charge in [0, 0.05) is 32.7 Å². The predicted molar refractivity (Wildman–Crippen MR) is 131 cm³/mol. The normalized spacial score (nSPS) is 13.3. The van der Waals surface area contributed by atoms with Gasteiger partial charge in [0.05, 0.1) is 18.3 Å². The Morgan fingerprint density at radius 1 is 1.13 bits per heavy atom. The summed E-state index contributed by atoms with van der Waals surface area (Å²) in [5.41, 5.74) is 2.05. The summed E-state index contributed by atoms with van der Waals surface area (Å²) in [6.07, 6.45) is -2.89. The predicted octanol–water partition coefficient (Wildman–Crippen LogP) is 1.60. The van der Waals surface area contributed by atoms with Crippen LogP contribution in [0.5, 0.6) is 0 Å². The number of aliphatic carboxylic acids is 1. The molecule has 1 fully saturated rings. The Morgan fingerprint density at radius 2 is 1.76 bits per heavy atom. The van der Waals surface area contributed by atoms with Crippen LogP contribution in [-0.2, 0) is 24.3 Å². The fourth-order valence-corrected chi connectivity index (χ4v) is 3.70. The van der Waals surface area contributed by atoms with E-state index >= 15 is 0 Å². The number of aromatic nitrogens is 4. The maximum Gasteiger partial charge on any atom is 0.490 e. The van der Waals surface area contributed by atoms with Crippen LogP contribution in [0.15, 0.2) is 35.3 Å². The van der Waals surface area contributed by atoms with Crippen LogP contribution in [0.2, 0.25) is 0 Å². The van der Waals surface area contributed by atoms with E-state index in [0.717, 1.165) is 37.7 Å². The third kappa shape index (κ3) is 6.88. The molecule has 0 aliphatic carbocycles. The number of fused-ring (bicyclic) bond motifs is 1. The summed E-state index contributed by atoms with van der Waals surface area (Å²) in [5.74, 6) is 2.99. The van der Waals surface area contributed by atoms with Crippen molar-refractivity contribution in [3.05, 3.63) is 51.9 Å². The van der Waals surface area contributed by atoms with Gasteiger partial charge in [0.25, 0.3) is 5.56 Å². The lowest BCUT2D eigenvalue weighted by atomic mass is 10.1. The Hall–Kier alpha value is -4.38. The largest absolute Gasteiger partial charge is 0.490 e. The van der Waals surface area contributed by atoms with Gasteiger partial charge in [-0.15, -0.1) is 5.92 Å². The number of rotatable bonds is 6. The fraction of sp³-hybridized carbons (Fsp3) is 0.375. The molecule has 3 N–H and O–H groups in total. The van der Waals surface area contributed by atoms with E-state index < -0.39 is 18.1 Å². The van der Waals surface area contributed by atoms with Gasteiger partial charge in [-0.1, -0.05) is 18.1 Å². The number of benzene rings is 1. The average Bonchev–Trinajstić information content (AvgIpc) is 3.27. The molecule has 1 aromatic carbocycles. The van der Waals surface area contributed by atoms with Crippen molar-refractivity contribution in [1.82, 2.24) is 24.6 Å². The first-order valence-electron chi connectivity index (χ1n) is 11.5. The molecule has 0 amide bonds. The van der Waals surface area contributed by atoms with E-state index in [1.165, 1.54) is 4.68 Å². The first-order chi connectivity index (χ1) is 18.0. The number of piperazine rings is 1. The Kier molecular flexibility index (Phi) is 9.08. The van der Waals surface area contributed by atoms with Gasteiger partial charge in [-0.3, -0.25) is 9.36 Å². The Balaban J connectivity index is 0.000000505. The molecule has 0 bridgehead atoms. The molecule has 11 nitrogen and oxygen atoms in total. The number of nitrogens with one attached hydrogen (secondary N) is 1. The molecule has 0 spiro atoms. The topological polar surface area (TPSA) is 143 Å². The molecular formula is C24H25F3N6O5. The zero-order valence-electron chi connectivity index (χ0n) is 20.3. The molecule has 0 unspecified atom stereocenters. The quantitative estimate of drug-likeness (QED) is 0.402. The van der Waals surface area contributed by atoms with Crippen molar-refractivity contribution in [1.29, 1.82) is 0 Å². The van der Waals surface area contributed by atoms with Gasteiger partial charge >= 0.3 is 18.1 Å². The molecule has 1 aliphatic rings. The van der Waals surface area contributed by atoms with E-state index in [2.05, 4.69) is 27.2 Å². The van der Waals surface area contributed by atoms with Crippen LogP contribution in [0.3, 0.4) is 0 Å². The summed E-state index contributed by atoms with van der Waals surface area (Å²) in [5, 5.41) is 23.8. The number of carboxylic acids is 2. The van der Waals surface area contributed by atoms with Gasteiger partial charge < -0.3 is 20.4 Å². The number of hydrogen-bond donors (Lipinski definition) is 3. The zero-order chi connectivity index (χ0) is 27.9. The molecule has 3 heterocycles.